The highest BCUT2D eigenvalue weighted by Crippen LogP contribution is 2.18. The fraction of sp³-hybridized carbons (Fsp3) is 0.100. The molecule has 0 unspecified atom stereocenters. The molecule has 0 aliphatic carbocycles. The highest BCUT2D eigenvalue weighted by Gasteiger charge is 2.05. The molecule has 2 aromatic heterocycles. The first-order valence-corrected chi connectivity index (χ1v) is 4.90. The molecule has 74 valence electrons. The van der Waals surface area contributed by atoms with Crippen molar-refractivity contribution < 1.29 is 0 Å². The lowest BCUT2D eigenvalue weighted by Crippen LogP contribution is -1.85. The van der Waals surface area contributed by atoms with Crippen LogP contribution in [-0.4, -0.2) is 19.9 Å². The molecule has 0 saturated carbocycles. The van der Waals surface area contributed by atoms with Gasteiger partial charge in [0.2, 0.25) is 0 Å². The van der Waals surface area contributed by atoms with Crippen LogP contribution in [0.5, 0.6) is 0 Å². The summed E-state index contributed by atoms with van der Waals surface area (Å²) < 4.78 is 0. The standard InChI is InChI=1S/C10H7ClN4/c1-5-12-9-10(13-5)15-8-4-6(11)2-3-7(8)14-9/h2-4H,1H3,(H,12,13,14,15). The molecule has 2 heterocycles. The summed E-state index contributed by atoms with van der Waals surface area (Å²) in [5, 5.41) is 0.656. The molecule has 0 fully saturated rings. The summed E-state index contributed by atoms with van der Waals surface area (Å²) >= 11 is 5.88. The molecule has 0 radical (unpaired) electrons. The van der Waals surface area contributed by atoms with Gasteiger partial charge in [-0.2, -0.15) is 0 Å². The third kappa shape index (κ3) is 1.34. The van der Waals surface area contributed by atoms with Gasteiger partial charge in [0.25, 0.3) is 0 Å². The number of rotatable bonds is 0. The largest absolute Gasteiger partial charge is 0.325 e. The van der Waals surface area contributed by atoms with Gasteiger partial charge in [0, 0.05) is 5.02 Å². The molecule has 0 atom stereocenters. The fourth-order valence-corrected chi connectivity index (χ4v) is 1.70. The lowest BCUT2D eigenvalue weighted by molar-refractivity contribution is 1.16. The summed E-state index contributed by atoms with van der Waals surface area (Å²) in [7, 11) is 0. The van der Waals surface area contributed by atoms with E-state index in [4.69, 9.17) is 11.6 Å². The molecule has 0 saturated heterocycles. The average molecular weight is 219 g/mol. The Morgan fingerprint density at radius 2 is 2.00 bits per heavy atom. The first kappa shape index (κ1) is 8.61. The van der Waals surface area contributed by atoms with Gasteiger partial charge in [0.1, 0.15) is 5.82 Å². The summed E-state index contributed by atoms with van der Waals surface area (Å²) in [6.45, 7) is 1.88. The number of halogens is 1. The van der Waals surface area contributed by atoms with E-state index in [9.17, 15) is 0 Å². The summed E-state index contributed by atoms with van der Waals surface area (Å²) in [5.74, 6) is 0.811. The molecular weight excluding hydrogens is 212 g/mol. The highest BCUT2D eigenvalue weighted by atomic mass is 35.5. The number of hydrogen-bond donors (Lipinski definition) is 1. The van der Waals surface area contributed by atoms with E-state index in [1.54, 1.807) is 12.1 Å². The fourth-order valence-electron chi connectivity index (χ4n) is 1.54. The molecule has 0 aliphatic rings. The van der Waals surface area contributed by atoms with Crippen molar-refractivity contribution in [3.05, 3.63) is 29.0 Å². The molecule has 0 amide bonds. The minimum atomic E-state index is 0.627. The predicted molar refractivity (Wildman–Crippen MR) is 58.9 cm³/mol. The maximum Gasteiger partial charge on any atom is 0.198 e. The summed E-state index contributed by atoms with van der Waals surface area (Å²) in [4.78, 5) is 16.0. The number of aryl methyl sites for hydroxylation is 1. The van der Waals surface area contributed by atoms with Crippen molar-refractivity contribution in [2.24, 2.45) is 0 Å². The van der Waals surface area contributed by atoms with Crippen LogP contribution >= 0.6 is 11.6 Å². The topological polar surface area (TPSA) is 54.5 Å². The Morgan fingerprint density at radius 3 is 2.87 bits per heavy atom. The zero-order chi connectivity index (χ0) is 10.4. The third-order valence-electron chi connectivity index (χ3n) is 2.18. The molecule has 1 N–H and O–H groups in total. The molecule has 3 rings (SSSR count). The zero-order valence-corrected chi connectivity index (χ0v) is 8.71. The normalized spacial score (nSPS) is 11.3. The van der Waals surface area contributed by atoms with Gasteiger partial charge in [-0.25, -0.2) is 15.0 Å². The number of aromatic amines is 1. The van der Waals surface area contributed by atoms with Gasteiger partial charge in [0.15, 0.2) is 11.3 Å². The second-order valence-corrected chi connectivity index (χ2v) is 3.79. The van der Waals surface area contributed by atoms with E-state index in [0.717, 1.165) is 16.9 Å². The smallest absolute Gasteiger partial charge is 0.198 e. The van der Waals surface area contributed by atoms with Gasteiger partial charge in [-0.3, -0.25) is 0 Å². The van der Waals surface area contributed by atoms with Crippen molar-refractivity contribution in [3.8, 4) is 0 Å². The Balaban J connectivity index is 2.46. The summed E-state index contributed by atoms with van der Waals surface area (Å²) in [6, 6.07) is 5.43. The first-order chi connectivity index (χ1) is 7.22. The Hall–Kier alpha value is -1.68. The van der Waals surface area contributed by atoms with E-state index in [-0.39, 0.29) is 0 Å². The number of nitrogens with one attached hydrogen (secondary N) is 1. The number of benzene rings is 1. The summed E-state index contributed by atoms with van der Waals surface area (Å²) in [6.07, 6.45) is 0. The Morgan fingerprint density at radius 1 is 1.13 bits per heavy atom. The van der Waals surface area contributed by atoms with Crippen molar-refractivity contribution in [3.63, 3.8) is 0 Å². The number of imidazole rings is 1. The Kier molecular flexibility index (Phi) is 1.67. The van der Waals surface area contributed by atoms with Gasteiger partial charge in [-0.15, -0.1) is 0 Å². The van der Waals surface area contributed by atoms with Crippen LogP contribution in [0.2, 0.25) is 5.02 Å². The number of aromatic nitrogens is 4. The molecule has 15 heavy (non-hydrogen) atoms. The number of fused-ring (bicyclic) bond motifs is 2. The van der Waals surface area contributed by atoms with Crippen LogP contribution < -0.4 is 0 Å². The highest BCUT2D eigenvalue weighted by molar-refractivity contribution is 6.31. The Bertz CT molecular complexity index is 659. The van der Waals surface area contributed by atoms with Crippen LogP contribution in [-0.2, 0) is 0 Å². The SMILES string of the molecule is Cc1nc2nc3cc(Cl)ccc3nc2[nH]1. The van der Waals surface area contributed by atoms with Crippen molar-refractivity contribution in [2.75, 3.05) is 0 Å². The van der Waals surface area contributed by atoms with Gasteiger partial charge < -0.3 is 4.98 Å². The number of hydrogen-bond acceptors (Lipinski definition) is 3. The minimum absolute atomic E-state index is 0.627. The van der Waals surface area contributed by atoms with Crippen LogP contribution in [0, 0.1) is 6.92 Å². The molecule has 5 heteroatoms. The van der Waals surface area contributed by atoms with Crippen LogP contribution in [0.1, 0.15) is 5.82 Å². The second-order valence-electron chi connectivity index (χ2n) is 3.35. The molecule has 0 spiro atoms. The van der Waals surface area contributed by atoms with E-state index in [2.05, 4.69) is 19.9 Å². The third-order valence-corrected chi connectivity index (χ3v) is 2.42. The van der Waals surface area contributed by atoms with Crippen LogP contribution in [0.15, 0.2) is 18.2 Å². The molecule has 4 nitrogen and oxygen atoms in total. The van der Waals surface area contributed by atoms with Gasteiger partial charge >= 0.3 is 0 Å². The summed E-state index contributed by atoms with van der Waals surface area (Å²) in [5.41, 5.74) is 2.92. The van der Waals surface area contributed by atoms with Crippen molar-refractivity contribution in [1.82, 2.24) is 19.9 Å². The van der Waals surface area contributed by atoms with E-state index in [1.807, 2.05) is 13.0 Å². The first-order valence-electron chi connectivity index (χ1n) is 4.52. The molecule has 0 bridgehead atoms. The molecule has 0 aliphatic heterocycles. The maximum absolute atomic E-state index is 5.88. The Labute approximate surface area is 90.3 Å². The minimum Gasteiger partial charge on any atom is -0.325 e. The molecule has 3 aromatic rings. The van der Waals surface area contributed by atoms with E-state index >= 15 is 0 Å². The van der Waals surface area contributed by atoms with Gasteiger partial charge in [0.05, 0.1) is 11.0 Å². The van der Waals surface area contributed by atoms with E-state index in [0.29, 0.717) is 16.3 Å². The van der Waals surface area contributed by atoms with Crippen LogP contribution in [0.3, 0.4) is 0 Å². The van der Waals surface area contributed by atoms with Crippen molar-refractivity contribution in [1.29, 1.82) is 0 Å². The number of H-pyrrole nitrogens is 1. The predicted octanol–water partition coefficient (Wildman–Crippen LogP) is 2.47. The van der Waals surface area contributed by atoms with Crippen molar-refractivity contribution >= 4 is 33.9 Å². The quantitative estimate of drug-likeness (QED) is 0.631. The van der Waals surface area contributed by atoms with Crippen LogP contribution in [0.4, 0.5) is 0 Å². The van der Waals surface area contributed by atoms with E-state index < -0.39 is 0 Å². The van der Waals surface area contributed by atoms with Gasteiger partial charge in [-0.1, -0.05) is 11.6 Å². The molecule has 1 aromatic carbocycles. The van der Waals surface area contributed by atoms with Crippen molar-refractivity contribution in [2.45, 2.75) is 6.92 Å². The zero-order valence-electron chi connectivity index (χ0n) is 7.95. The average Bonchev–Trinajstić information content (AvgIpc) is 2.53. The monoisotopic (exact) mass is 218 g/mol. The van der Waals surface area contributed by atoms with Crippen LogP contribution in [0.25, 0.3) is 22.3 Å². The lowest BCUT2D eigenvalue weighted by Gasteiger charge is -1.96. The molecular formula is C10H7ClN4. The van der Waals surface area contributed by atoms with E-state index in [1.165, 1.54) is 0 Å². The second kappa shape index (κ2) is 2.90. The maximum atomic E-state index is 5.88. The van der Waals surface area contributed by atoms with Gasteiger partial charge in [-0.05, 0) is 25.1 Å². The number of nitrogens with zero attached hydrogens (tertiary/aromatic N) is 3. The lowest BCUT2D eigenvalue weighted by atomic mass is 10.3.